The van der Waals surface area contributed by atoms with E-state index in [1.54, 1.807) is 53.5 Å². The van der Waals surface area contributed by atoms with Crippen LogP contribution in [-0.2, 0) is 13.1 Å². The van der Waals surface area contributed by atoms with Crippen LogP contribution in [-0.4, -0.2) is 29.4 Å². The fourth-order valence-corrected chi connectivity index (χ4v) is 3.67. The Bertz CT molecular complexity index is 1120. The van der Waals surface area contributed by atoms with Crippen LogP contribution in [0, 0.1) is 0 Å². The largest absolute Gasteiger partial charge is 0.508 e. The minimum Gasteiger partial charge on any atom is -0.508 e. The fourth-order valence-electron chi connectivity index (χ4n) is 3.48. The van der Waals surface area contributed by atoms with Gasteiger partial charge in [0.25, 0.3) is 0 Å². The summed E-state index contributed by atoms with van der Waals surface area (Å²) in [6, 6.07) is 13.8. The van der Waals surface area contributed by atoms with E-state index in [4.69, 9.17) is 11.6 Å². The summed E-state index contributed by atoms with van der Waals surface area (Å²) in [5.41, 5.74) is 2.61. The first kappa shape index (κ1) is 19.0. The minimum atomic E-state index is -0.201. The zero-order valence-electron chi connectivity index (χ0n) is 15.5. The number of halogens is 1. The quantitative estimate of drug-likeness (QED) is 0.424. The van der Waals surface area contributed by atoms with Crippen LogP contribution in [0.2, 0.25) is 5.02 Å². The molecule has 0 aliphatic rings. The van der Waals surface area contributed by atoms with Crippen molar-refractivity contribution in [2.45, 2.75) is 19.5 Å². The molecular formula is C22H20ClN3O3. The van der Waals surface area contributed by atoms with Gasteiger partial charge in [-0.05, 0) is 36.2 Å². The van der Waals surface area contributed by atoms with E-state index in [0.717, 1.165) is 18.5 Å². The minimum absolute atomic E-state index is 0.126. The Hall–Kier alpha value is -3.38. The Morgan fingerprint density at radius 3 is 2.41 bits per heavy atom. The standard InChI is InChI=1S/C22H20ClN3O3/c23-17-4-1-3-16(13-17)20-19(15-5-7-18(27)8-6-15)21(28)22(29)26(20)11-2-10-25-12-9-24-14-25/h1,3-9,12-14,27-29H,2,10-11H2. The molecule has 4 aromatic rings. The molecule has 2 aromatic heterocycles. The Balaban J connectivity index is 1.81. The lowest BCUT2D eigenvalue weighted by molar-refractivity contribution is 0.369. The first-order chi connectivity index (χ1) is 14.0. The summed E-state index contributed by atoms with van der Waals surface area (Å²) >= 11 is 6.21. The molecule has 0 unspecified atom stereocenters. The second-order valence-electron chi connectivity index (χ2n) is 6.76. The van der Waals surface area contributed by atoms with Crippen LogP contribution >= 0.6 is 11.6 Å². The Morgan fingerprint density at radius 2 is 1.72 bits per heavy atom. The van der Waals surface area contributed by atoms with Crippen LogP contribution in [0.25, 0.3) is 22.4 Å². The molecule has 3 N–H and O–H groups in total. The SMILES string of the molecule is Oc1ccc(-c2c(O)c(O)n(CCCn3ccnc3)c2-c2cccc(Cl)c2)cc1. The molecule has 0 saturated heterocycles. The number of aryl methyl sites for hydroxylation is 1. The van der Waals surface area contributed by atoms with Crippen LogP contribution in [0.1, 0.15) is 6.42 Å². The molecule has 0 saturated carbocycles. The normalized spacial score (nSPS) is 11.1. The van der Waals surface area contributed by atoms with Gasteiger partial charge in [0, 0.05) is 36.1 Å². The first-order valence-corrected chi connectivity index (χ1v) is 9.58. The maximum absolute atomic E-state index is 10.8. The van der Waals surface area contributed by atoms with Gasteiger partial charge < -0.3 is 24.5 Å². The van der Waals surface area contributed by atoms with Crippen molar-refractivity contribution in [1.29, 1.82) is 0 Å². The number of hydrogen-bond acceptors (Lipinski definition) is 4. The lowest BCUT2D eigenvalue weighted by atomic mass is 10.0. The number of imidazole rings is 1. The van der Waals surface area contributed by atoms with E-state index in [1.807, 2.05) is 22.9 Å². The van der Waals surface area contributed by atoms with Crippen molar-refractivity contribution in [3.05, 3.63) is 72.3 Å². The highest BCUT2D eigenvalue weighted by atomic mass is 35.5. The molecule has 0 bridgehead atoms. The van der Waals surface area contributed by atoms with Gasteiger partial charge in [0.15, 0.2) is 5.75 Å². The second-order valence-corrected chi connectivity index (χ2v) is 7.20. The van der Waals surface area contributed by atoms with Crippen molar-refractivity contribution in [3.63, 3.8) is 0 Å². The summed E-state index contributed by atoms with van der Waals surface area (Å²) in [5.74, 6) is -0.275. The Kier molecular flexibility index (Phi) is 5.18. The van der Waals surface area contributed by atoms with Crippen molar-refractivity contribution >= 4 is 11.6 Å². The van der Waals surface area contributed by atoms with Gasteiger partial charge in [-0.2, -0.15) is 0 Å². The Morgan fingerprint density at radius 1 is 0.931 bits per heavy atom. The molecule has 0 aliphatic heterocycles. The predicted molar refractivity (Wildman–Crippen MR) is 112 cm³/mol. The number of rotatable bonds is 6. The molecule has 0 atom stereocenters. The van der Waals surface area contributed by atoms with E-state index < -0.39 is 0 Å². The average molecular weight is 410 g/mol. The molecule has 148 valence electrons. The molecule has 0 spiro atoms. The molecule has 29 heavy (non-hydrogen) atoms. The molecule has 7 heteroatoms. The number of benzene rings is 2. The maximum atomic E-state index is 10.8. The molecule has 4 rings (SSSR count). The fraction of sp³-hybridized carbons (Fsp3) is 0.136. The van der Waals surface area contributed by atoms with E-state index in [0.29, 0.717) is 28.4 Å². The van der Waals surface area contributed by atoms with E-state index in [1.165, 1.54) is 0 Å². The molecule has 0 aliphatic carbocycles. The van der Waals surface area contributed by atoms with E-state index >= 15 is 0 Å². The van der Waals surface area contributed by atoms with Crippen LogP contribution < -0.4 is 0 Å². The molecule has 0 fully saturated rings. The van der Waals surface area contributed by atoms with Crippen molar-refractivity contribution in [2.24, 2.45) is 0 Å². The number of phenolic OH excluding ortho intramolecular Hbond substituents is 1. The smallest absolute Gasteiger partial charge is 0.235 e. The number of phenols is 1. The summed E-state index contributed by atoms with van der Waals surface area (Å²) in [6.45, 7) is 1.21. The predicted octanol–water partition coefficient (Wildman–Crippen LogP) is 4.88. The Labute approximate surface area is 172 Å². The van der Waals surface area contributed by atoms with Gasteiger partial charge in [-0.15, -0.1) is 0 Å². The number of aromatic nitrogens is 3. The zero-order valence-corrected chi connectivity index (χ0v) is 16.3. The molecule has 0 radical (unpaired) electrons. The van der Waals surface area contributed by atoms with Gasteiger partial charge in [0.1, 0.15) is 5.75 Å². The van der Waals surface area contributed by atoms with Crippen LogP contribution in [0.3, 0.4) is 0 Å². The highest BCUT2D eigenvalue weighted by molar-refractivity contribution is 6.30. The lowest BCUT2D eigenvalue weighted by Gasteiger charge is -2.13. The number of hydrogen-bond donors (Lipinski definition) is 3. The van der Waals surface area contributed by atoms with Crippen molar-refractivity contribution < 1.29 is 15.3 Å². The van der Waals surface area contributed by atoms with E-state index in [9.17, 15) is 15.3 Å². The number of nitrogens with zero attached hydrogens (tertiary/aromatic N) is 3. The highest BCUT2D eigenvalue weighted by Gasteiger charge is 2.24. The topological polar surface area (TPSA) is 83.4 Å². The highest BCUT2D eigenvalue weighted by Crippen LogP contribution is 2.47. The van der Waals surface area contributed by atoms with Crippen molar-refractivity contribution in [1.82, 2.24) is 14.1 Å². The molecule has 2 heterocycles. The third-order valence-electron chi connectivity index (χ3n) is 4.82. The molecular weight excluding hydrogens is 390 g/mol. The first-order valence-electron chi connectivity index (χ1n) is 9.20. The second kappa shape index (κ2) is 7.93. The molecule has 0 amide bonds. The van der Waals surface area contributed by atoms with Crippen molar-refractivity contribution in [3.8, 4) is 39.8 Å². The molecule has 6 nitrogen and oxygen atoms in total. The third kappa shape index (κ3) is 3.79. The lowest BCUT2D eigenvalue weighted by Crippen LogP contribution is -2.04. The average Bonchev–Trinajstić information content (AvgIpc) is 3.31. The van der Waals surface area contributed by atoms with Gasteiger partial charge in [-0.25, -0.2) is 4.98 Å². The van der Waals surface area contributed by atoms with Gasteiger partial charge in [-0.1, -0.05) is 35.9 Å². The summed E-state index contributed by atoms with van der Waals surface area (Å²) in [5, 5.41) is 31.6. The summed E-state index contributed by atoms with van der Waals surface area (Å²) in [7, 11) is 0. The van der Waals surface area contributed by atoms with Gasteiger partial charge in [0.05, 0.1) is 17.6 Å². The maximum Gasteiger partial charge on any atom is 0.235 e. The molecule has 2 aromatic carbocycles. The van der Waals surface area contributed by atoms with Crippen LogP contribution in [0.15, 0.2) is 67.3 Å². The van der Waals surface area contributed by atoms with Gasteiger partial charge in [-0.3, -0.25) is 0 Å². The van der Waals surface area contributed by atoms with Crippen LogP contribution in [0.5, 0.6) is 17.4 Å². The van der Waals surface area contributed by atoms with Crippen molar-refractivity contribution in [2.75, 3.05) is 0 Å². The zero-order chi connectivity index (χ0) is 20.4. The van der Waals surface area contributed by atoms with Gasteiger partial charge >= 0.3 is 0 Å². The third-order valence-corrected chi connectivity index (χ3v) is 5.06. The summed E-state index contributed by atoms with van der Waals surface area (Å²) < 4.78 is 3.65. The monoisotopic (exact) mass is 409 g/mol. The van der Waals surface area contributed by atoms with Crippen LogP contribution in [0.4, 0.5) is 0 Å². The van der Waals surface area contributed by atoms with E-state index in [2.05, 4.69) is 4.98 Å². The summed E-state index contributed by atoms with van der Waals surface area (Å²) in [6.07, 6.45) is 6.07. The summed E-state index contributed by atoms with van der Waals surface area (Å²) in [4.78, 5) is 4.04. The van der Waals surface area contributed by atoms with Gasteiger partial charge in [0.2, 0.25) is 5.88 Å². The number of aromatic hydroxyl groups is 3. The van der Waals surface area contributed by atoms with E-state index in [-0.39, 0.29) is 17.4 Å².